The molecule has 4 unspecified atom stereocenters. The molecular formula is C26H37N. The van der Waals surface area contributed by atoms with Gasteiger partial charge >= 0.3 is 0 Å². The SMILES string of the molecule is CC1CCC(CCC2CCC3CC(c4ccc(C#N)cc4)CCC3C2)CC1. The smallest absolute Gasteiger partial charge is 0.0991 e. The molecule has 4 atom stereocenters. The molecule has 27 heavy (non-hydrogen) atoms. The van der Waals surface area contributed by atoms with Crippen LogP contribution in [0.4, 0.5) is 0 Å². The molecule has 1 aromatic rings. The minimum atomic E-state index is 0.736. The predicted octanol–water partition coefficient (Wildman–Crippen LogP) is 7.46. The van der Waals surface area contributed by atoms with Gasteiger partial charge in [-0.3, -0.25) is 0 Å². The number of hydrogen-bond acceptors (Lipinski definition) is 1. The van der Waals surface area contributed by atoms with Crippen LogP contribution in [0.1, 0.15) is 101 Å². The van der Waals surface area contributed by atoms with Crippen LogP contribution >= 0.6 is 0 Å². The topological polar surface area (TPSA) is 23.8 Å². The van der Waals surface area contributed by atoms with Gasteiger partial charge in [-0.1, -0.05) is 64.0 Å². The molecular weight excluding hydrogens is 326 g/mol. The minimum absolute atomic E-state index is 0.736. The first-order chi connectivity index (χ1) is 13.2. The van der Waals surface area contributed by atoms with Crippen LogP contribution in [-0.2, 0) is 0 Å². The van der Waals surface area contributed by atoms with E-state index in [1.165, 1.54) is 82.6 Å². The zero-order chi connectivity index (χ0) is 18.6. The Bertz CT molecular complexity index is 631. The van der Waals surface area contributed by atoms with Gasteiger partial charge in [0.05, 0.1) is 11.6 Å². The summed E-state index contributed by atoms with van der Waals surface area (Å²) in [6.45, 7) is 2.44. The fourth-order valence-corrected chi connectivity index (χ4v) is 6.47. The van der Waals surface area contributed by atoms with Crippen LogP contribution in [0.15, 0.2) is 24.3 Å². The molecule has 1 heteroatoms. The van der Waals surface area contributed by atoms with E-state index in [9.17, 15) is 0 Å². The summed E-state index contributed by atoms with van der Waals surface area (Å²) in [6, 6.07) is 10.7. The minimum Gasteiger partial charge on any atom is -0.192 e. The Morgan fingerprint density at radius 3 is 2.15 bits per heavy atom. The van der Waals surface area contributed by atoms with Crippen LogP contribution in [0.5, 0.6) is 0 Å². The molecule has 3 aliphatic rings. The van der Waals surface area contributed by atoms with Gasteiger partial charge in [-0.2, -0.15) is 5.26 Å². The van der Waals surface area contributed by atoms with Gasteiger partial charge in [0.15, 0.2) is 0 Å². The highest BCUT2D eigenvalue weighted by molar-refractivity contribution is 5.33. The third-order valence-corrected chi connectivity index (χ3v) is 8.35. The summed E-state index contributed by atoms with van der Waals surface area (Å²) in [5.74, 6) is 5.77. The van der Waals surface area contributed by atoms with Gasteiger partial charge in [0, 0.05) is 0 Å². The van der Waals surface area contributed by atoms with Gasteiger partial charge in [-0.15, -0.1) is 0 Å². The van der Waals surface area contributed by atoms with Crippen molar-refractivity contribution in [2.24, 2.45) is 29.6 Å². The summed E-state index contributed by atoms with van der Waals surface area (Å²) in [7, 11) is 0. The molecule has 3 fully saturated rings. The maximum Gasteiger partial charge on any atom is 0.0991 e. The van der Waals surface area contributed by atoms with Gasteiger partial charge < -0.3 is 0 Å². The highest BCUT2D eigenvalue weighted by Gasteiger charge is 2.36. The molecule has 0 amide bonds. The first kappa shape index (κ1) is 19.0. The summed E-state index contributed by atoms with van der Waals surface area (Å²) in [6.07, 6.45) is 17.7. The van der Waals surface area contributed by atoms with Crippen LogP contribution in [0.2, 0.25) is 0 Å². The Hall–Kier alpha value is -1.29. The lowest BCUT2D eigenvalue weighted by atomic mass is 9.63. The molecule has 0 heterocycles. The first-order valence-electron chi connectivity index (χ1n) is 11.7. The largest absolute Gasteiger partial charge is 0.192 e. The lowest BCUT2D eigenvalue weighted by Crippen LogP contribution is -2.30. The highest BCUT2D eigenvalue weighted by atomic mass is 14.4. The van der Waals surface area contributed by atoms with Crippen LogP contribution in [0, 0.1) is 40.9 Å². The van der Waals surface area contributed by atoms with Crippen LogP contribution in [0.25, 0.3) is 0 Å². The van der Waals surface area contributed by atoms with Crippen molar-refractivity contribution >= 4 is 0 Å². The van der Waals surface area contributed by atoms with Crippen LogP contribution in [-0.4, -0.2) is 0 Å². The second-order valence-corrected chi connectivity index (χ2v) is 10.1. The molecule has 0 N–H and O–H groups in total. The van der Waals surface area contributed by atoms with Crippen LogP contribution < -0.4 is 0 Å². The molecule has 0 aliphatic heterocycles. The molecule has 4 rings (SSSR count). The van der Waals surface area contributed by atoms with Crippen molar-refractivity contribution in [3.8, 4) is 6.07 Å². The van der Waals surface area contributed by atoms with E-state index in [2.05, 4.69) is 25.1 Å². The van der Waals surface area contributed by atoms with E-state index < -0.39 is 0 Å². The third kappa shape index (κ3) is 4.77. The van der Waals surface area contributed by atoms with Gasteiger partial charge in [0.25, 0.3) is 0 Å². The standard InChI is InChI=1S/C26H37N/c1-19-2-4-20(5-3-19)6-7-21-8-13-26-17-25(15-14-24(26)16-21)23-11-9-22(18-27)10-12-23/h9-12,19-21,24-26H,2-8,13-17H2,1H3. The molecule has 1 nitrogen and oxygen atoms in total. The van der Waals surface area contributed by atoms with Crippen LogP contribution in [0.3, 0.4) is 0 Å². The number of benzene rings is 1. The molecule has 0 aromatic heterocycles. The Labute approximate surface area is 166 Å². The van der Waals surface area contributed by atoms with E-state index in [4.69, 9.17) is 5.26 Å². The average Bonchev–Trinajstić information content (AvgIpc) is 2.73. The fourth-order valence-electron chi connectivity index (χ4n) is 6.47. The Morgan fingerprint density at radius 1 is 0.778 bits per heavy atom. The average molecular weight is 364 g/mol. The van der Waals surface area contributed by atoms with Gasteiger partial charge in [-0.25, -0.2) is 0 Å². The van der Waals surface area contributed by atoms with Gasteiger partial charge in [0.1, 0.15) is 0 Å². The normalized spacial score (nSPS) is 36.6. The Balaban J connectivity index is 1.24. The van der Waals surface area contributed by atoms with Crippen molar-refractivity contribution in [3.05, 3.63) is 35.4 Å². The summed E-state index contributed by atoms with van der Waals surface area (Å²) in [5.41, 5.74) is 2.27. The second-order valence-electron chi connectivity index (χ2n) is 10.1. The number of nitriles is 1. The van der Waals surface area contributed by atoms with E-state index in [-0.39, 0.29) is 0 Å². The molecule has 0 radical (unpaired) electrons. The molecule has 3 aliphatic carbocycles. The molecule has 3 saturated carbocycles. The monoisotopic (exact) mass is 363 g/mol. The van der Waals surface area contributed by atoms with Crippen molar-refractivity contribution in [3.63, 3.8) is 0 Å². The quantitative estimate of drug-likeness (QED) is 0.544. The molecule has 1 aromatic carbocycles. The zero-order valence-corrected chi connectivity index (χ0v) is 17.2. The maximum absolute atomic E-state index is 9.01. The third-order valence-electron chi connectivity index (χ3n) is 8.35. The van der Waals surface area contributed by atoms with E-state index in [1.54, 1.807) is 0 Å². The lowest BCUT2D eigenvalue weighted by Gasteiger charge is -2.42. The van der Waals surface area contributed by atoms with Crippen molar-refractivity contribution in [2.75, 3.05) is 0 Å². The first-order valence-corrected chi connectivity index (χ1v) is 11.7. The number of hydrogen-bond donors (Lipinski definition) is 0. The van der Waals surface area contributed by atoms with Gasteiger partial charge in [-0.05, 0) is 85.3 Å². The van der Waals surface area contributed by atoms with Gasteiger partial charge in [0.2, 0.25) is 0 Å². The van der Waals surface area contributed by atoms with E-state index in [1.807, 2.05) is 12.1 Å². The Kier molecular flexibility index (Phi) is 6.21. The van der Waals surface area contributed by atoms with E-state index in [0.29, 0.717) is 0 Å². The summed E-state index contributed by atoms with van der Waals surface area (Å²) < 4.78 is 0. The van der Waals surface area contributed by atoms with E-state index in [0.717, 1.165) is 41.1 Å². The number of nitrogens with zero attached hydrogens (tertiary/aromatic N) is 1. The Morgan fingerprint density at radius 2 is 1.41 bits per heavy atom. The van der Waals surface area contributed by atoms with E-state index >= 15 is 0 Å². The number of fused-ring (bicyclic) bond motifs is 1. The van der Waals surface area contributed by atoms with Crippen molar-refractivity contribution in [1.82, 2.24) is 0 Å². The summed E-state index contributed by atoms with van der Waals surface area (Å²) in [4.78, 5) is 0. The molecule has 0 bridgehead atoms. The van der Waals surface area contributed by atoms with Crippen molar-refractivity contribution in [2.45, 2.75) is 89.9 Å². The summed E-state index contributed by atoms with van der Waals surface area (Å²) in [5, 5.41) is 9.01. The zero-order valence-electron chi connectivity index (χ0n) is 17.2. The molecule has 0 spiro atoms. The molecule has 0 saturated heterocycles. The highest BCUT2D eigenvalue weighted by Crippen LogP contribution is 2.48. The lowest BCUT2D eigenvalue weighted by molar-refractivity contribution is 0.109. The van der Waals surface area contributed by atoms with Crippen molar-refractivity contribution in [1.29, 1.82) is 5.26 Å². The predicted molar refractivity (Wildman–Crippen MR) is 112 cm³/mol. The maximum atomic E-state index is 9.01. The second kappa shape index (κ2) is 8.81. The number of rotatable bonds is 4. The van der Waals surface area contributed by atoms with Crippen molar-refractivity contribution < 1.29 is 0 Å². The summed E-state index contributed by atoms with van der Waals surface area (Å²) >= 11 is 0. The fraction of sp³-hybridized carbons (Fsp3) is 0.731. The molecule has 146 valence electrons.